The van der Waals surface area contributed by atoms with Crippen LogP contribution in [0.3, 0.4) is 0 Å². The number of aromatic nitrogens is 2. The van der Waals surface area contributed by atoms with Crippen molar-refractivity contribution in [3.8, 4) is 0 Å². The Morgan fingerprint density at radius 3 is 3.06 bits per heavy atom. The lowest BCUT2D eigenvalue weighted by Crippen LogP contribution is -2.23. The zero-order valence-corrected chi connectivity index (χ0v) is 10.6. The number of anilines is 1. The van der Waals surface area contributed by atoms with Gasteiger partial charge in [0.2, 0.25) is 0 Å². The maximum atomic E-state index is 8.76. The van der Waals surface area contributed by atoms with Crippen molar-refractivity contribution in [2.75, 3.05) is 11.9 Å². The van der Waals surface area contributed by atoms with Gasteiger partial charge in [-0.2, -0.15) is 0 Å². The Hall–Kier alpha value is -2.15. The Morgan fingerprint density at radius 1 is 1.56 bits per heavy atom. The number of amidine groups is 1. The molecule has 0 saturated heterocycles. The molecule has 7 heteroatoms. The van der Waals surface area contributed by atoms with Gasteiger partial charge in [0, 0.05) is 18.6 Å². The summed E-state index contributed by atoms with van der Waals surface area (Å²) in [7, 11) is 1.88. The van der Waals surface area contributed by atoms with Crippen LogP contribution in [0.25, 0.3) is 0 Å². The molecule has 94 valence electrons. The lowest BCUT2D eigenvalue weighted by Gasteiger charge is -2.19. The summed E-state index contributed by atoms with van der Waals surface area (Å²) >= 11 is 1.55. The van der Waals surface area contributed by atoms with Crippen molar-refractivity contribution in [3.05, 3.63) is 40.5 Å². The average molecular weight is 263 g/mol. The topological polar surface area (TPSA) is 87.6 Å². The predicted octanol–water partition coefficient (Wildman–Crippen LogP) is 1.27. The third kappa shape index (κ3) is 2.57. The maximum absolute atomic E-state index is 8.76. The monoisotopic (exact) mass is 263 g/mol. The third-order valence-electron chi connectivity index (χ3n) is 2.41. The van der Waals surface area contributed by atoms with E-state index in [-0.39, 0.29) is 5.84 Å². The first-order chi connectivity index (χ1) is 8.72. The second-order valence-electron chi connectivity index (χ2n) is 3.70. The number of pyridine rings is 1. The molecule has 0 aliphatic carbocycles. The Bertz CT molecular complexity index is 540. The number of hydrogen-bond donors (Lipinski definition) is 2. The van der Waals surface area contributed by atoms with Crippen LogP contribution in [0.15, 0.2) is 34.4 Å². The Morgan fingerprint density at radius 2 is 2.39 bits per heavy atom. The summed E-state index contributed by atoms with van der Waals surface area (Å²) in [5.41, 5.74) is 8.96. The molecule has 3 N–H and O–H groups in total. The summed E-state index contributed by atoms with van der Waals surface area (Å²) in [6.45, 7) is 0.617. The molecule has 2 aromatic rings. The highest BCUT2D eigenvalue weighted by atomic mass is 32.1. The molecular formula is C11H13N5OS. The second kappa shape index (κ2) is 5.46. The van der Waals surface area contributed by atoms with Gasteiger partial charge in [0.05, 0.1) is 23.3 Å². The highest BCUT2D eigenvalue weighted by molar-refractivity contribution is 7.07. The van der Waals surface area contributed by atoms with Crippen LogP contribution in [0, 0.1) is 0 Å². The van der Waals surface area contributed by atoms with E-state index in [9.17, 15) is 0 Å². The van der Waals surface area contributed by atoms with Crippen LogP contribution in [0.4, 0.5) is 5.82 Å². The minimum absolute atomic E-state index is 0.0447. The van der Waals surface area contributed by atoms with Crippen LogP contribution < -0.4 is 10.6 Å². The van der Waals surface area contributed by atoms with Gasteiger partial charge in [-0.3, -0.25) is 0 Å². The standard InChI is InChI=1S/C11H13N5OS/c1-16(5-8-6-18-7-14-8)11-9(10(12)15-17)3-2-4-13-11/h2-4,6-7,17H,5H2,1H3,(H2,12,15). The lowest BCUT2D eigenvalue weighted by molar-refractivity contribution is 0.318. The van der Waals surface area contributed by atoms with Crippen LogP contribution in [-0.2, 0) is 6.54 Å². The molecule has 0 unspecified atom stereocenters. The van der Waals surface area contributed by atoms with Gasteiger partial charge in [-0.1, -0.05) is 5.16 Å². The van der Waals surface area contributed by atoms with Gasteiger partial charge in [-0.05, 0) is 12.1 Å². The van der Waals surface area contributed by atoms with Gasteiger partial charge < -0.3 is 15.8 Å². The van der Waals surface area contributed by atoms with E-state index in [1.54, 1.807) is 35.2 Å². The number of nitrogens with two attached hydrogens (primary N) is 1. The number of oxime groups is 1. The molecule has 0 aliphatic heterocycles. The second-order valence-corrected chi connectivity index (χ2v) is 4.41. The molecular weight excluding hydrogens is 250 g/mol. The molecule has 18 heavy (non-hydrogen) atoms. The Balaban J connectivity index is 2.27. The van der Waals surface area contributed by atoms with E-state index in [1.807, 2.05) is 17.3 Å². The van der Waals surface area contributed by atoms with Gasteiger partial charge in [0.15, 0.2) is 5.84 Å². The van der Waals surface area contributed by atoms with Crippen molar-refractivity contribution in [1.29, 1.82) is 0 Å². The molecule has 0 fully saturated rings. The summed E-state index contributed by atoms with van der Waals surface area (Å²) in [4.78, 5) is 10.4. The molecule has 0 aromatic carbocycles. The summed E-state index contributed by atoms with van der Waals surface area (Å²) in [5, 5.41) is 13.7. The van der Waals surface area contributed by atoms with Gasteiger partial charge >= 0.3 is 0 Å². The first-order valence-electron chi connectivity index (χ1n) is 5.23. The van der Waals surface area contributed by atoms with Crippen LogP contribution in [-0.4, -0.2) is 28.1 Å². The van der Waals surface area contributed by atoms with E-state index >= 15 is 0 Å². The molecule has 2 heterocycles. The summed E-state index contributed by atoms with van der Waals surface area (Å²) in [6, 6.07) is 3.50. The maximum Gasteiger partial charge on any atom is 0.173 e. The van der Waals surface area contributed by atoms with E-state index in [4.69, 9.17) is 10.9 Å². The minimum atomic E-state index is 0.0447. The molecule has 6 nitrogen and oxygen atoms in total. The molecule has 0 aliphatic rings. The molecule has 0 saturated carbocycles. The number of thiazole rings is 1. The van der Waals surface area contributed by atoms with Crippen LogP contribution in [0.2, 0.25) is 0 Å². The lowest BCUT2D eigenvalue weighted by atomic mass is 10.2. The van der Waals surface area contributed by atoms with E-state index in [2.05, 4.69) is 15.1 Å². The fourth-order valence-corrected chi connectivity index (χ4v) is 2.14. The van der Waals surface area contributed by atoms with Gasteiger partial charge in [-0.25, -0.2) is 9.97 Å². The highest BCUT2D eigenvalue weighted by Gasteiger charge is 2.12. The molecule has 0 atom stereocenters. The molecule has 0 radical (unpaired) electrons. The average Bonchev–Trinajstić information content (AvgIpc) is 2.90. The van der Waals surface area contributed by atoms with Gasteiger partial charge in [-0.15, -0.1) is 11.3 Å². The third-order valence-corrected chi connectivity index (χ3v) is 3.05. The predicted molar refractivity (Wildman–Crippen MR) is 71.0 cm³/mol. The fraction of sp³-hybridized carbons (Fsp3) is 0.182. The fourth-order valence-electron chi connectivity index (χ4n) is 1.59. The van der Waals surface area contributed by atoms with Crippen molar-refractivity contribution in [2.24, 2.45) is 10.9 Å². The normalized spacial score (nSPS) is 11.5. The van der Waals surface area contributed by atoms with Gasteiger partial charge in [0.1, 0.15) is 5.82 Å². The van der Waals surface area contributed by atoms with E-state index in [0.717, 1.165) is 5.69 Å². The zero-order chi connectivity index (χ0) is 13.0. The first-order valence-corrected chi connectivity index (χ1v) is 6.17. The number of nitrogens with zero attached hydrogens (tertiary/aromatic N) is 4. The van der Waals surface area contributed by atoms with Crippen LogP contribution in [0.5, 0.6) is 0 Å². The largest absolute Gasteiger partial charge is 0.409 e. The Labute approximate surface area is 108 Å². The summed E-state index contributed by atoms with van der Waals surface area (Å²) < 4.78 is 0. The molecule has 2 aromatic heterocycles. The zero-order valence-electron chi connectivity index (χ0n) is 9.82. The first kappa shape index (κ1) is 12.3. The van der Waals surface area contributed by atoms with Crippen molar-refractivity contribution >= 4 is 23.0 Å². The summed E-state index contributed by atoms with van der Waals surface area (Å²) in [5.74, 6) is 0.698. The van der Waals surface area contributed by atoms with Crippen molar-refractivity contribution in [2.45, 2.75) is 6.54 Å². The van der Waals surface area contributed by atoms with E-state index in [1.165, 1.54) is 0 Å². The van der Waals surface area contributed by atoms with E-state index in [0.29, 0.717) is 17.9 Å². The number of rotatable bonds is 4. The minimum Gasteiger partial charge on any atom is -0.409 e. The Kier molecular flexibility index (Phi) is 3.73. The van der Waals surface area contributed by atoms with Crippen LogP contribution >= 0.6 is 11.3 Å². The SMILES string of the molecule is CN(Cc1cscn1)c1ncccc1/C(N)=N/O. The van der Waals surface area contributed by atoms with Crippen LogP contribution in [0.1, 0.15) is 11.3 Å². The molecule has 0 bridgehead atoms. The van der Waals surface area contributed by atoms with Crippen molar-refractivity contribution in [3.63, 3.8) is 0 Å². The molecule has 0 spiro atoms. The molecule has 2 rings (SSSR count). The van der Waals surface area contributed by atoms with Crippen molar-refractivity contribution in [1.82, 2.24) is 9.97 Å². The number of hydrogen-bond acceptors (Lipinski definition) is 6. The highest BCUT2D eigenvalue weighted by Crippen LogP contribution is 2.17. The smallest absolute Gasteiger partial charge is 0.173 e. The van der Waals surface area contributed by atoms with E-state index < -0.39 is 0 Å². The quantitative estimate of drug-likeness (QED) is 0.375. The summed E-state index contributed by atoms with van der Waals surface area (Å²) in [6.07, 6.45) is 1.67. The molecule has 0 amide bonds. The van der Waals surface area contributed by atoms with Gasteiger partial charge in [0.25, 0.3) is 0 Å². The van der Waals surface area contributed by atoms with Crippen molar-refractivity contribution < 1.29 is 5.21 Å².